The summed E-state index contributed by atoms with van der Waals surface area (Å²) in [5, 5.41) is 0. The fourth-order valence-electron chi connectivity index (χ4n) is 3.78. The molecule has 1 heteroatoms. The molecule has 1 aliphatic carbocycles. The van der Waals surface area contributed by atoms with Crippen molar-refractivity contribution in [3.8, 4) is 0 Å². The minimum Gasteiger partial charge on any atom is -0.325 e. The number of hydrogen-bond donors (Lipinski definition) is 1. The zero-order valence-corrected chi connectivity index (χ0v) is 14.6. The van der Waals surface area contributed by atoms with Gasteiger partial charge in [0.05, 0.1) is 0 Å². The van der Waals surface area contributed by atoms with E-state index in [1.54, 1.807) is 0 Å². The van der Waals surface area contributed by atoms with Crippen LogP contribution in [0.2, 0.25) is 0 Å². The molecule has 0 bridgehead atoms. The third-order valence-corrected chi connectivity index (χ3v) is 5.03. The smallest absolute Gasteiger partial charge is 0.0138 e. The molecule has 2 N–H and O–H groups in total. The average Bonchev–Trinajstić information content (AvgIpc) is 2.36. The van der Waals surface area contributed by atoms with Gasteiger partial charge in [-0.1, -0.05) is 45.0 Å². The van der Waals surface area contributed by atoms with E-state index in [-0.39, 0.29) is 5.54 Å². The van der Waals surface area contributed by atoms with Gasteiger partial charge in [-0.05, 0) is 74.3 Å². The van der Waals surface area contributed by atoms with Gasteiger partial charge in [0.25, 0.3) is 0 Å². The quantitative estimate of drug-likeness (QED) is 0.803. The Morgan fingerprint density at radius 1 is 1.00 bits per heavy atom. The molecule has 1 aromatic carbocycles. The first-order valence-corrected chi connectivity index (χ1v) is 8.53. The monoisotopic (exact) mass is 287 g/mol. The molecule has 0 heterocycles. The van der Waals surface area contributed by atoms with Crippen LogP contribution < -0.4 is 5.73 Å². The minimum atomic E-state index is -0.123. The predicted molar refractivity (Wildman–Crippen MR) is 92.6 cm³/mol. The maximum atomic E-state index is 6.16. The van der Waals surface area contributed by atoms with Crippen LogP contribution in [-0.2, 0) is 6.42 Å². The Morgan fingerprint density at radius 2 is 1.62 bits per heavy atom. The second-order valence-corrected chi connectivity index (χ2v) is 8.82. The van der Waals surface area contributed by atoms with E-state index in [4.69, 9.17) is 5.73 Å². The number of rotatable bonds is 3. The summed E-state index contributed by atoms with van der Waals surface area (Å²) in [5.41, 5.74) is 9.43. The first-order valence-electron chi connectivity index (χ1n) is 8.53. The van der Waals surface area contributed by atoms with Crippen molar-refractivity contribution in [3.63, 3.8) is 0 Å². The molecule has 21 heavy (non-hydrogen) atoms. The number of nitrogens with two attached hydrogens (primary N) is 1. The number of hydrogen-bond acceptors (Lipinski definition) is 1. The van der Waals surface area contributed by atoms with Crippen molar-refractivity contribution < 1.29 is 0 Å². The summed E-state index contributed by atoms with van der Waals surface area (Å²) in [6.07, 6.45) is 6.40. The molecular weight excluding hydrogens is 254 g/mol. The van der Waals surface area contributed by atoms with Gasteiger partial charge < -0.3 is 5.73 Å². The van der Waals surface area contributed by atoms with Crippen LogP contribution in [0.4, 0.5) is 0 Å². The molecule has 118 valence electrons. The molecule has 0 amide bonds. The highest BCUT2D eigenvalue weighted by Crippen LogP contribution is 2.43. The van der Waals surface area contributed by atoms with Crippen LogP contribution >= 0.6 is 0 Å². The Bertz CT molecular complexity index is 453. The summed E-state index contributed by atoms with van der Waals surface area (Å²) < 4.78 is 0. The van der Waals surface area contributed by atoms with Gasteiger partial charge in [0.15, 0.2) is 0 Å². The van der Waals surface area contributed by atoms with Gasteiger partial charge in [-0.15, -0.1) is 0 Å². The van der Waals surface area contributed by atoms with E-state index in [9.17, 15) is 0 Å². The van der Waals surface area contributed by atoms with Crippen LogP contribution in [0.25, 0.3) is 0 Å². The van der Waals surface area contributed by atoms with Crippen LogP contribution in [0.15, 0.2) is 24.3 Å². The molecule has 0 spiro atoms. The molecule has 2 rings (SSSR count). The highest BCUT2D eigenvalue weighted by atomic mass is 14.7. The van der Waals surface area contributed by atoms with Crippen LogP contribution in [0.3, 0.4) is 0 Å². The van der Waals surface area contributed by atoms with E-state index >= 15 is 0 Å². The fraction of sp³-hybridized carbons (Fsp3) is 0.700. The Balaban J connectivity index is 2.02. The van der Waals surface area contributed by atoms with Crippen LogP contribution in [0.5, 0.6) is 0 Å². The Labute approximate surface area is 131 Å². The molecule has 0 saturated heterocycles. The van der Waals surface area contributed by atoms with Crippen molar-refractivity contribution in [2.24, 2.45) is 17.1 Å². The van der Waals surface area contributed by atoms with E-state index in [0.29, 0.717) is 5.41 Å². The highest BCUT2D eigenvalue weighted by Gasteiger charge is 2.30. The first kappa shape index (κ1) is 16.5. The SMILES string of the molecule is CC(C)(N)Cc1cccc(C2CCC(C(C)(C)C)CC2)c1. The molecule has 1 aliphatic rings. The molecule has 1 saturated carbocycles. The average molecular weight is 287 g/mol. The van der Waals surface area contributed by atoms with E-state index in [1.807, 2.05) is 0 Å². The third kappa shape index (κ3) is 4.85. The van der Waals surface area contributed by atoms with Crippen molar-refractivity contribution in [1.82, 2.24) is 0 Å². The van der Waals surface area contributed by atoms with Crippen molar-refractivity contribution >= 4 is 0 Å². The van der Waals surface area contributed by atoms with Gasteiger partial charge in [-0.25, -0.2) is 0 Å². The number of benzene rings is 1. The van der Waals surface area contributed by atoms with Crippen LogP contribution in [0.1, 0.15) is 77.3 Å². The van der Waals surface area contributed by atoms with Crippen LogP contribution in [0, 0.1) is 11.3 Å². The first-order chi connectivity index (χ1) is 9.65. The lowest BCUT2D eigenvalue weighted by atomic mass is 9.68. The van der Waals surface area contributed by atoms with Crippen molar-refractivity contribution in [2.75, 3.05) is 0 Å². The maximum Gasteiger partial charge on any atom is 0.0138 e. The molecular formula is C20H33N. The van der Waals surface area contributed by atoms with Gasteiger partial charge in [-0.3, -0.25) is 0 Å². The largest absolute Gasteiger partial charge is 0.325 e. The topological polar surface area (TPSA) is 26.0 Å². The summed E-state index contributed by atoms with van der Waals surface area (Å²) in [7, 11) is 0. The minimum absolute atomic E-state index is 0.123. The predicted octanol–water partition coefficient (Wildman–Crippen LogP) is 5.29. The summed E-state index contributed by atoms with van der Waals surface area (Å²) in [5.74, 6) is 1.64. The molecule has 1 aromatic rings. The second kappa shape index (κ2) is 6.12. The Morgan fingerprint density at radius 3 is 2.14 bits per heavy atom. The normalized spacial score (nSPS) is 24.1. The molecule has 0 unspecified atom stereocenters. The molecule has 0 aliphatic heterocycles. The lowest BCUT2D eigenvalue weighted by molar-refractivity contribution is 0.169. The van der Waals surface area contributed by atoms with Gasteiger partial charge >= 0.3 is 0 Å². The third-order valence-electron chi connectivity index (χ3n) is 5.03. The van der Waals surface area contributed by atoms with E-state index in [0.717, 1.165) is 18.3 Å². The highest BCUT2D eigenvalue weighted by molar-refractivity contribution is 5.28. The molecule has 1 fully saturated rings. The van der Waals surface area contributed by atoms with Gasteiger partial charge in [0.1, 0.15) is 0 Å². The van der Waals surface area contributed by atoms with Crippen molar-refractivity contribution in [1.29, 1.82) is 0 Å². The van der Waals surface area contributed by atoms with Crippen molar-refractivity contribution in [2.45, 2.75) is 78.2 Å². The van der Waals surface area contributed by atoms with Gasteiger partial charge in [0.2, 0.25) is 0 Å². The molecule has 0 atom stereocenters. The molecule has 0 aromatic heterocycles. The standard InChI is InChI=1S/C20H33N/c1-19(2,3)18-11-9-16(10-12-18)17-8-6-7-15(13-17)14-20(4,5)21/h6-8,13,16,18H,9-12,14,21H2,1-5H3. The lowest BCUT2D eigenvalue weighted by Crippen LogP contribution is -2.34. The summed E-state index contributed by atoms with van der Waals surface area (Å²) in [6, 6.07) is 9.15. The van der Waals surface area contributed by atoms with Gasteiger partial charge in [-0.2, -0.15) is 0 Å². The lowest BCUT2D eigenvalue weighted by Gasteiger charge is -2.37. The zero-order valence-electron chi connectivity index (χ0n) is 14.6. The fourth-order valence-corrected chi connectivity index (χ4v) is 3.78. The van der Waals surface area contributed by atoms with E-state index < -0.39 is 0 Å². The van der Waals surface area contributed by atoms with Crippen LogP contribution in [-0.4, -0.2) is 5.54 Å². The Kier molecular flexibility index (Phi) is 4.82. The Hall–Kier alpha value is -0.820. The second-order valence-electron chi connectivity index (χ2n) is 8.82. The van der Waals surface area contributed by atoms with Gasteiger partial charge in [0, 0.05) is 5.54 Å². The molecule has 1 nitrogen and oxygen atoms in total. The summed E-state index contributed by atoms with van der Waals surface area (Å²) in [4.78, 5) is 0. The van der Waals surface area contributed by atoms with E-state index in [2.05, 4.69) is 58.9 Å². The maximum absolute atomic E-state index is 6.16. The van der Waals surface area contributed by atoms with E-state index in [1.165, 1.54) is 36.8 Å². The molecule has 0 radical (unpaired) electrons. The summed E-state index contributed by atoms with van der Waals surface area (Å²) in [6.45, 7) is 11.4. The zero-order chi connectivity index (χ0) is 15.7. The van der Waals surface area contributed by atoms with Crippen molar-refractivity contribution in [3.05, 3.63) is 35.4 Å². The summed E-state index contributed by atoms with van der Waals surface area (Å²) >= 11 is 0.